The molecule has 7 heteroatoms. The number of carboxylic acid groups (broad SMARTS) is 1. The lowest BCUT2D eigenvalue weighted by atomic mass is 10.2. The first-order valence-corrected chi connectivity index (χ1v) is 7.02. The molecule has 0 fully saturated rings. The van der Waals surface area contributed by atoms with Gasteiger partial charge in [-0.15, -0.1) is 11.3 Å². The minimum atomic E-state index is -1.15. The zero-order chi connectivity index (χ0) is 13.7. The molecule has 100 valence electrons. The van der Waals surface area contributed by atoms with Gasteiger partial charge in [0.15, 0.2) is 0 Å². The lowest BCUT2D eigenvalue weighted by Crippen LogP contribution is -2.38. The molecular formula is C11H15BrN2O3S. The van der Waals surface area contributed by atoms with E-state index in [4.69, 9.17) is 10.8 Å². The normalized spacial score (nSPS) is 12.2. The molecule has 0 spiro atoms. The molecule has 1 rings (SSSR count). The molecule has 0 aromatic carbocycles. The molecule has 0 aliphatic rings. The maximum Gasteiger partial charge on any atom is 0.321 e. The Hall–Kier alpha value is -0.920. The Balaban J connectivity index is 2.38. The zero-order valence-electron chi connectivity index (χ0n) is 9.93. The minimum Gasteiger partial charge on any atom is -0.480 e. The number of hydrogen-bond donors (Lipinski definition) is 2. The molecule has 1 unspecified atom stereocenters. The van der Waals surface area contributed by atoms with Gasteiger partial charge in [-0.25, -0.2) is 0 Å². The number of likely N-dealkylation sites (N-methyl/N-ethyl adjacent to an activating group) is 1. The summed E-state index contributed by atoms with van der Waals surface area (Å²) < 4.78 is 1.03. The Morgan fingerprint density at radius 3 is 2.78 bits per heavy atom. The van der Waals surface area contributed by atoms with Crippen LogP contribution in [0.15, 0.2) is 15.9 Å². The number of carbonyl (C=O) groups is 2. The van der Waals surface area contributed by atoms with Crippen molar-refractivity contribution in [3.8, 4) is 0 Å². The number of halogens is 1. The SMILES string of the molecule is CN(CCc1cc(Br)cs1)C(=O)CC(N)C(=O)O. The van der Waals surface area contributed by atoms with E-state index in [0.717, 1.165) is 10.9 Å². The average molecular weight is 335 g/mol. The largest absolute Gasteiger partial charge is 0.480 e. The second kappa shape index (κ2) is 6.86. The summed E-state index contributed by atoms with van der Waals surface area (Å²) in [5.41, 5.74) is 5.31. The third-order valence-corrected chi connectivity index (χ3v) is 4.21. The molecule has 5 nitrogen and oxygen atoms in total. The standard InChI is InChI=1S/C11H15BrN2O3S/c1-14(10(15)5-9(13)11(16)17)3-2-8-4-7(12)6-18-8/h4,6,9H,2-3,5,13H2,1H3,(H,16,17). The molecule has 0 saturated heterocycles. The summed E-state index contributed by atoms with van der Waals surface area (Å²) in [5, 5.41) is 10.6. The highest BCUT2D eigenvalue weighted by atomic mass is 79.9. The van der Waals surface area contributed by atoms with Crippen molar-refractivity contribution in [2.45, 2.75) is 18.9 Å². The number of carboxylic acids is 1. The lowest BCUT2D eigenvalue weighted by molar-refractivity contribution is -0.142. The summed E-state index contributed by atoms with van der Waals surface area (Å²) in [6.07, 6.45) is 0.584. The summed E-state index contributed by atoms with van der Waals surface area (Å²) >= 11 is 4.98. The smallest absolute Gasteiger partial charge is 0.321 e. The van der Waals surface area contributed by atoms with E-state index in [1.54, 1.807) is 18.4 Å². The molecule has 0 radical (unpaired) electrons. The van der Waals surface area contributed by atoms with Crippen LogP contribution in [0.5, 0.6) is 0 Å². The van der Waals surface area contributed by atoms with Gasteiger partial charge in [-0.2, -0.15) is 0 Å². The second-order valence-corrected chi connectivity index (χ2v) is 5.86. The predicted octanol–water partition coefficient (Wildman–Crippen LogP) is 1.31. The van der Waals surface area contributed by atoms with Crippen LogP contribution in [0, 0.1) is 0 Å². The Morgan fingerprint density at radius 1 is 1.61 bits per heavy atom. The number of nitrogens with zero attached hydrogens (tertiary/aromatic N) is 1. The van der Waals surface area contributed by atoms with Crippen molar-refractivity contribution in [1.29, 1.82) is 0 Å². The summed E-state index contributed by atoms with van der Waals surface area (Å²) in [6.45, 7) is 0.554. The van der Waals surface area contributed by atoms with Crippen LogP contribution >= 0.6 is 27.3 Å². The molecule has 0 aliphatic heterocycles. The molecule has 1 amide bonds. The Bertz CT molecular complexity index is 436. The molecule has 1 aromatic heterocycles. The van der Waals surface area contributed by atoms with Crippen molar-refractivity contribution in [3.05, 3.63) is 20.8 Å². The first kappa shape index (κ1) is 15.1. The summed E-state index contributed by atoms with van der Waals surface area (Å²) in [4.78, 5) is 24.9. The van der Waals surface area contributed by atoms with Gasteiger partial charge < -0.3 is 15.7 Å². The van der Waals surface area contributed by atoms with E-state index < -0.39 is 12.0 Å². The lowest BCUT2D eigenvalue weighted by Gasteiger charge is -2.17. The molecule has 1 atom stereocenters. The van der Waals surface area contributed by atoms with E-state index in [2.05, 4.69) is 15.9 Å². The van der Waals surface area contributed by atoms with E-state index in [9.17, 15) is 9.59 Å². The summed E-state index contributed by atoms with van der Waals surface area (Å²) in [7, 11) is 1.65. The van der Waals surface area contributed by atoms with E-state index in [1.807, 2.05) is 11.4 Å². The molecule has 0 bridgehead atoms. The average Bonchev–Trinajstić information content (AvgIpc) is 2.71. The van der Waals surface area contributed by atoms with E-state index in [0.29, 0.717) is 6.54 Å². The van der Waals surface area contributed by atoms with Gasteiger partial charge in [-0.3, -0.25) is 9.59 Å². The fourth-order valence-corrected chi connectivity index (χ4v) is 2.76. The van der Waals surface area contributed by atoms with Crippen LogP contribution < -0.4 is 5.73 Å². The Labute approximate surface area is 118 Å². The second-order valence-electron chi connectivity index (χ2n) is 3.95. The van der Waals surface area contributed by atoms with Gasteiger partial charge >= 0.3 is 5.97 Å². The molecule has 1 aromatic rings. The molecule has 1 heterocycles. The Morgan fingerprint density at radius 2 is 2.28 bits per heavy atom. The van der Waals surface area contributed by atoms with Crippen molar-refractivity contribution in [2.24, 2.45) is 5.73 Å². The minimum absolute atomic E-state index is 0.167. The van der Waals surface area contributed by atoms with Crippen molar-refractivity contribution < 1.29 is 14.7 Å². The van der Waals surface area contributed by atoms with E-state index >= 15 is 0 Å². The zero-order valence-corrected chi connectivity index (χ0v) is 12.3. The van der Waals surface area contributed by atoms with Gasteiger partial charge in [0, 0.05) is 28.3 Å². The van der Waals surface area contributed by atoms with Crippen LogP contribution in [0.1, 0.15) is 11.3 Å². The maximum atomic E-state index is 11.7. The van der Waals surface area contributed by atoms with Crippen LogP contribution in [0.2, 0.25) is 0 Å². The predicted molar refractivity (Wildman–Crippen MR) is 73.6 cm³/mol. The topological polar surface area (TPSA) is 83.6 Å². The first-order valence-electron chi connectivity index (χ1n) is 5.35. The third kappa shape index (κ3) is 4.75. The van der Waals surface area contributed by atoms with Gasteiger partial charge in [0.2, 0.25) is 5.91 Å². The molecular weight excluding hydrogens is 320 g/mol. The quantitative estimate of drug-likeness (QED) is 0.821. The highest BCUT2D eigenvalue weighted by Crippen LogP contribution is 2.20. The van der Waals surface area contributed by atoms with Crippen molar-refractivity contribution in [2.75, 3.05) is 13.6 Å². The number of nitrogens with two attached hydrogens (primary N) is 1. The number of thiophene rings is 1. The Kier molecular flexibility index (Phi) is 5.77. The van der Waals surface area contributed by atoms with Gasteiger partial charge in [-0.05, 0) is 28.4 Å². The number of carbonyl (C=O) groups excluding carboxylic acids is 1. The van der Waals surface area contributed by atoms with E-state index in [1.165, 1.54) is 9.78 Å². The number of rotatable bonds is 6. The number of hydrogen-bond acceptors (Lipinski definition) is 4. The highest BCUT2D eigenvalue weighted by molar-refractivity contribution is 9.10. The third-order valence-electron chi connectivity index (χ3n) is 2.45. The van der Waals surface area contributed by atoms with Crippen molar-refractivity contribution in [1.82, 2.24) is 4.90 Å². The van der Waals surface area contributed by atoms with Crippen LogP contribution in [0.4, 0.5) is 0 Å². The monoisotopic (exact) mass is 334 g/mol. The molecule has 0 saturated carbocycles. The first-order chi connectivity index (χ1) is 8.40. The molecule has 18 heavy (non-hydrogen) atoms. The van der Waals surface area contributed by atoms with Gasteiger partial charge in [0.25, 0.3) is 0 Å². The molecule has 0 aliphatic carbocycles. The van der Waals surface area contributed by atoms with Crippen LogP contribution in [0.3, 0.4) is 0 Å². The van der Waals surface area contributed by atoms with Crippen molar-refractivity contribution >= 4 is 39.1 Å². The number of aliphatic carboxylic acids is 1. The van der Waals surface area contributed by atoms with Crippen LogP contribution in [-0.2, 0) is 16.0 Å². The van der Waals surface area contributed by atoms with E-state index in [-0.39, 0.29) is 12.3 Å². The van der Waals surface area contributed by atoms with Crippen LogP contribution in [0.25, 0.3) is 0 Å². The van der Waals surface area contributed by atoms with Gasteiger partial charge in [0.05, 0.1) is 6.42 Å². The number of amides is 1. The molecule has 3 N–H and O–H groups in total. The maximum absolute atomic E-state index is 11.7. The summed E-state index contributed by atoms with van der Waals surface area (Å²) in [6, 6.07) is 0.877. The highest BCUT2D eigenvalue weighted by Gasteiger charge is 2.18. The summed E-state index contributed by atoms with van der Waals surface area (Å²) in [5.74, 6) is -1.40. The fourth-order valence-electron chi connectivity index (χ4n) is 1.32. The van der Waals surface area contributed by atoms with Gasteiger partial charge in [-0.1, -0.05) is 0 Å². The van der Waals surface area contributed by atoms with Crippen molar-refractivity contribution in [3.63, 3.8) is 0 Å². The van der Waals surface area contributed by atoms with Gasteiger partial charge in [0.1, 0.15) is 6.04 Å². The van der Waals surface area contributed by atoms with Crippen LogP contribution in [-0.4, -0.2) is 41.5 Å². The fraction of sp³-hybridized carbons (Fsp3) is 0.455.